The summed E-state index contributed by atoms with van der Waals surface area (Å²) >= 11 is 0. The standard InChI is InChI=1S/C22H33N7O/c1-30-15-17-14-23-22(25-21(17)24-20-13-19(26-27-20)16-5-6-16)29-11-7-18(8-12-29)28-9-3-2-4-10-28/h13-14,16,18H,2-12,15H2,1H3,(H2,23,24,25,26,27). The van der Waals surface area contributed by atoms with Gasteiger partial charge in [0.25, 0.3) is 0 Å². The summed E-state index contributed by atoms with van der Waals surface area (Å²) < 4.78 is 5.36. The molecule has 0 aromatic carbocycles. The highest BCUT2D eigenvalue weighted by atomic mass is 16.5. The number of anilines is 3. The van der Waals surface area contributed by atoms with Gasteiger partial charge < -0.3 is 19.9 Å². The molecule has 1 aliphatic carbocycles. The molecule has 0 bridgehead atoms. The van der Waals surface area contributed by atoms with Crippen molar-refractivity contribution in [3.8, 4) is 0 Å². The van der Waals surface area contributed by atoms with Crippen molar-refractivity contribution in [2.45, 2.75) is 63.5 Å². The molecule has 8 nitrogen and oxygen atoms in total. The number of aromatic amines is 1. The van der Waals surface area contributed by atoms with Gasteiger partial charge in [0.1, 0.15) is 5.82 Å². The van der Waals surface area contributed by atoms with Gasteiger partial charge in [0.05, 0.1) is 6.61 Å². The molecule has 0 unspecified atom stereocenters. The molecule has 162 valence electrons. The van der Waals surface area contributed by atoms with Gasteiger partial charge in [-0.15, -0.1) is 0 Å². The lowest BCUT2D eigenvalue weighted by atomic mass is 10.0. The summed E-state index contributed by atoms with van der Waals surface area (Å²) in [6.07, 6.45) is 10.9. The molecule has 2 N–H and O–H groups in total. The molecule has 8 heteroatoms. The molecule has 2 aliphatic heterocycles. The monoisotopic (exact) mass is 411 g/mol. The molecule has 4 heterocycles. The van der Waals surface area contributed by atoms with E-state index in [-0.39, 0.29) is 0 Å². The molecule has 3 fully saturated rings. The number of methoxy groups -OCH3 is 1. The van der Waals surface area contributed by atoms with Crippen LogP contribution in [0, 0.1) is 0 Å². The number of hydrogen-bond donors (Lipinski definition) is 2. The molecule has 0 amide bonds. The van der Waals surface area contributed by atoms with Crippen LogP contribution in [-0.4, -0.2) is 64.4 Å². The third kappa shape index (κ3) is 4.44. The van der Waals surface area contributed by atoms with Crippen LogP contribution in [0.15, 0.2) is 12.3 Å². The molecule has 0 spiro atoms. The van der Waals surface area contributed by atoms with Crippen molar-refractivity contribution in [1.82, 2.24) is 25.1 Å². The van der Waals surface area contributed by atoms with Gasteiger partial charge >= 0.3 is 0 Å². The fraction of sp³-hybridized carbons (Fsp3) is 0.682. The van der Waals surface area contributed by atoms with Crippen LogP contribution in [0.25, 0.3) is 0 Å². The van der Waals surface area contributed by atoms with Gasteiger partial charge in [-0.05, 0) is 51.6 Å². The summed E-state index contributed by atoms with van der Waals surface area (Å²) in [5, 5.41) is 11.0. The summed E-state index contributed by atoms with van der Waals surface area (Å²) in [4.78, 5) is 14.6. The Kier molecular flexibility index (Phi) is 5.86. The van der Waals surface area contributed by atoms with E-state index in [1.165, 1.54) is 63.7 Å². The van der Waals surface area contributed by atoms with E-state index in [9.17, 15) is 0 Å². The second-order valence-corrected chi connectivity index (χ2v) is 8.90. The van der Waals surface area contributed by atoms with E-state index in [1.807, 2.05) is 6.20 Å². The van der Waals surface area contributed by atoms with Crippen molar-refractivity contribution in [1.29, 1.82) is 0 Å². The average molecular weight is 412 g/mol. The topological polar surface area (TPSA) is 82.2 Å². The van der Waals surface area contributed by atoms with E-state index in [2.05, 4.69) is 36.4 Å². The van der Waals surface area contributed by atoms with E-state index in [0.717, 1.165) is 42.3 Å². The van der Waals surface area contributed by atoms with Crippen molar-refractivity contribution < 1.29 is 4.74 Å². The maximum absolute atomic E-state index is 5.36. The first-order chi connectivity index (χ1) is 14.8. The van der Waals surface area contributed by atoms with Crippen LogP contribution in [0.4, 0.5) is 17.6 Å². The summed E-state index contributed by atoms with van der Waals surface area (Å²) in [5.41, 5.74) is 2.15. The molecular formula is C22H33N7O. The number of likely N-dealkylation sites (tertiary alicyclic amines) is 1. The lowest BCUT2D eigenvalue weighted by Gasteiger charge is -2.40. The molecule has 1 saturated carbocycles. The van der Waals surface area contributed by atoms with Crippen molar-refractivity contribution in [2.24, 2.45) is 0 Å². The molecule has 0 radical (unpaired) electrons. The van der Waals surface area contributed by atoms with Crippen LogP contribution in [0.3, 0.4) is 0 Å². The third-order valence-corrected chi connectivity index (χ3v) is 6.67. The normalized spacial score (nSPS) is 21.2. The number of piperidine rings is 2. The zero-order valence-electron chi connectivity index (χ0n) is 17.9. The minimum atomic E-state index is 0.472. The van der Waals surface area contributed by atoms with Crippen LogP contribution < -0.4 is 10.2 Å². The highest BCUT2D eigenvalue weighted by molar-refractivity contribution is 5.58. The maximum Gasteiger partial charge on any atom is 0.227 e. The fourth-order valence-corrected chi connectivity index (χ4v) is 4.76. The highest BCUT2D eigenvalue weighted by Gasteiger charge is 2.28. The van der Waals surface area contributed by atoms with Gasteiger partial charge in [-0.2, -0.15) is 10.1 Å². The smallest absolute Gasteiger partial charge is 0.227 e. The van der Waals surface area contributed by atoms with E-state index in [0.29, 0.717) is 12.5 Å². The minimum absolute atomic E-state index is 0.472. The maximum atomic E-state index is 5.36. The molecule has 3 aliphatic rings. The van der Waals surface area contributed by atoms with Gasteiger partial charge in [0.15, 0.2) is 5.82 Å². The van der Waals surface area contributed by atoms with Gasteiger partial charge in [0.2, 0.25) is 5.95 Å². The van der Waals surface area contributed by atoms with Gasteiger partial charge in [0, 0.05) is 55.7 Å². The number of H-pyrrole nitrogens is 1. The number of nitrogens with zero attached hydrogens (tertiary/aromatic N) is 5. The van der Waals surface area contributed by atoms with Crippen molar-refractivity contribution in [3.05, 3.63) is 23.5 Å². The fourth-order valence-electron chi connectivity index (χ4n) is 4.76. The summed E-state index contributed by atoms with van der Waals surface area (Å²) in [7, 11) is 1.70. The van der Waals surface area contributed by atoms with Gasteiger partial charge in [-0.1, -0.05) is 6.42 Å². The second kappa shape index (κ2) is 8.89. The summed E-state index contributed by atoms with van der Waals surface area (Å²) in [6, 6.07) is 2.82. The molecule has 2 aromatic heterocycles. The predicted molar refractivity (Wildman–Crippen MR) is 117 cm³/mol. The zero-order chi connectivity index (χ0) is 20.3. The summed E-state index contributed by atoms with van der Waals surface area (Å²) in [5.74, 6) is 3.04. The second-order valence-electron chi connectivity index (χ2n) is 8.90. The van der Waals surface area contributed by atoms with E-state index >= 15 is 0 Å². The van der Waals surface area contributed by atoms with E-state index in [1.54, 1.807) is 7.11 Å². The zero-order valence-corrected chi connectivity index (χ0v) is 17.9. The third-order valence-electron chi connectivity index (χ3n) is 6.67. The van der Waals surface area contributed by atoms with Crippen LogP contribution in [0.5, 0.6) is 0 Å². The Morgan fingerprint density at radius 3 is 2.63 bits per heavy atom. The average Bonchev–Trinajstić information content (AvgIpc) is 3.55. The van der Waals surface area contributed by atoms with Crippen LogP contribution in [0.2, 0.25) is 0 Å². The Hall–Kier alpha value is -2.19. The van der Waals surface area contributed by atoms with Crippen molar-refractivity contribution in [2.75, 3.05) is 43.5 Å². The SMILES string of the molecule is COCc1cnc(N2CCC(N3CCCCC3)CC2)nc1Nc1cc(C2CC2)[nH]n1. The number of nitrogens with one attached hydrogen (secondary N) is 2. The predicted octanol–water partition coefficient (Wildman–Crippen LogP) is 3.42. The molecule has 30 heavy (non-hydrogen) atoms. The van der Waals surface area contributed by atoms with Gasteiger partial charge in [-0.25, -0.2) is 4.98 Å². The number of ether oxygens (including phenoxy) is 1. The molecule has 2 aromatic rings. The molecule has 5 rings (SSSR count). The first-order valence-corrected chi connectivity index (χ1v) is 11.5. The molecule has 2 saturated heterocycles. The van der Waals surface area contributed by atoms with Crippen molar-refractivity contribution in [3.63, 3.8) is 0 Å². The number of rotatable bonds is 7. The molecule has 0 atom stereocenters. The van der Waals surface area contributed by atoms with Crippen LogP contribution >= 0.6 is 0 Å². The lowest BCUT2D eigenvalue weighted by molar-refractivity contribution is 0.141. The van der Waals surface area contributed by atoms with Crippen LogP contribution in [0.1, 0.15) is 62.1 Å². The first kappa shape index (κ1) is 19.8. The Labute approximate surface area is 178 Å². The summed E-state index contributed by atoms with van der Waals surface area (Å²) in [6.45, 7) is 5.04. The first-order valence-electron chi connectivity index (χ1n) is 11.5. The molecular weight excluding hydrogens is 378 g/mol. The largest absolute Gasteiger partial charge is 0.380 e. The van der Waals surface area contributed by atoms with Crippen LogP contribution in [-0.2, 0) is 11.3 Å². The number of hydrogen-bond acceptors (Lipinski definition) is 7. The Morgan fingerprint density at radius 2 is 1.90 bits per heavy atom. The lowest BCUT2D eigenvalue weighted by Crippen LogP contribution is -2.47. The Balaban J connectivity index is 1.27. The Bertz CT molecular complexity index is 836. The minimum Gasteiger partial charge on any atom is -0.380 e. The highest BCUT2D eigenvalue weighted by Crippen LogP contribution is 2.39. The quantitative estimate of drug-likeness (QED) is 0.722. The van der Waals surface area contributed by atoms with E-state index in [4.69, 9.17) is 9.72 Å². The van der Waals surface area contributed by atoms with E-state index < -0.39 is 0 Å². The number of aromatic nitrogens is 4. The Morgan fingerprint density at radius 1 is 1.10 bits per heavy atom. The van der Waals surface area contributed by atoms with Gasteiger partial charge in [-0.3, -0.25) is 5.10 Å². The van der Waals surface area contributed by atoms with Crippen molar-refractivity contribution >= 4 is 17.6 Å².